The van der Waals surface area contributed by atoms with Gasteiger partial charge in [0.25, 0.3) is 0 Å². The van der Waals surface area contributed by atoms with Crippen LogP contribution in [0.3, 0.4) is 0 Å². The molecule has 3 heteroatoms. The van der Waals surface area contributed by atoms with Crippen LogP contribution in [0.2, 0.25) is 0 Å². The van der Waals surface area contributed by atoms with Gasteiger partial charge in [-0.25, -0.2) is 0 Å². The number of nitrogens with one attached hydrogen (secondary N) is 1. The number of carbonyl (C=O) groups is 1. The normalized spacial score (nSPS) is 33.1. The standard InChI is InChI=1S/C13H24N2O/c1-13(2,5-6-14)15-12(16)11-8-9-3-4-10(11)7-9/h9-11H,3-8,14H2,1-2H3,(H,15,16). The molecule has 92 valence electrons. The molecule has 2 aliphatic rings. The molecule has 2 fully saturated rings. The van der Waals surface area contributed by atoms with Gasteiger partial charge in [0, 0.05) is 11.5 Å². The Kier molecular flexibility index (Phi) is 3.24. The summed E-state index contributed by atoms with van der Waals surface area (Å²) < 4.78 is 0. The zero-order chi connectivity index (χ0) is 11.8. The van der Waals surface area contributed by atoms with E-state index in [0.717, 1.165) is 18.8 Å². The van der Waals surface area contributed by atoms with Crippen molar-refractivity contribution < 1.29 is 4.79 Å². The Morgan fingerprint density at radius 3 is 2.62 bits per heavy atom. The fraction of sp³-hybridized carbons (Fsp3) is 0.923. The van der Waals surface area contributed by atoms with Crippen molar-refractivity contribution in [3.8, 4) is 0 Å². The van der Waals surface area contributed by atoms with Gasteiger partial charge in [-0.1, -0.05) is 6.42 Å². The predicted octanol–water partition coefficient (Wildman–Crippen LogP) is 1.67. The summed E-state index contributed by atoms with van der Waals surface area (Å²) in [5.74, 6) is 2.05. The first-order chi connectivity index (χ1) is 7.52. The maximum Gasteiger partial charge on any atom is 0.223 e. The second-order valence-electron chi connectivity index (χ2n) is 6.19. The Hall–Kier alpha value is -0.570. The summed E-state index contributed by atoms with van der Waals surface area (Å²) in [5, 5.41) is 3.17. The van der Waals surface area contributed by atoms with Gasteiger partial charge < -0.3 is 11.1 Å². The van der Waals surface area contributed by atoms with E-state index in [1.807, 2.05) is 0 Å². The Morgan fingerprint density at radius 1 is 1.38 bits per heavy atom. The van der Waals surface area contributed by atoms with Gasteiger partial charge in [-0.3, -0.25) is 4.79 Å². The van der Waals surface area contributed by atoms with E-state index in [-0.39, 0.29) is 17.4 Å². The lowest BCUT2D eigenvalue weighted by molar-refractivity contribution is -0.128. The Morgan fingerprint density at radius 2 is 2.12 bits per heavy atom. The van der Waals surface area contributed by atoms with Crippen molar-refractivity contribution in [2.75, 3.05) is 6.54 Å². The summed E-state index contributed by atoms with van der Waals surface area (Å²) >= 11 is 0. The fourth-order valence-electron chi connectivity index (χ4n) is 3.42. The molecule has 3 unspecified atom stereocenters. The highest BCUT2D eigenvalue weighted by atomic mass is 16.2. The summed E-state index contributed by atoms with van der Waals surface area (Å²) in [7, 11) is 0. The van der Waals surface area contributed by atoms with Crippen molar-refractivity contribution in [3.05, 3.63) is 0 Å². The molecule has 2 bridgehead atoms. The number of amides is 1. The van der Waals surface area contributed by atoms with Gasteiger partial charge in [0.1, 0.15) is 0 Å². The summed E-state index contributed by atoms with van der Waals surface area (Å²) in [6.07, 6.45) is 5.87. The molecule has 2 saturated carbocycles. The minimum absolute atomic E-state index is 0.145. The first-order valence-electron chi connectivity index (χ1n) is 6.54. The number of fused-ring (bicyclic) bond motifs is 2. The lowest BCUT2D eigenvalue weighted by atomic mass is 9.87. The van der Waals surface area contributed by atoms with Gasteiger partial charge in [-0.15, -0.1) is 0 Å². The summed E-state index contributed by atoms with van der Waals surface area (Å²) in [6, 6.07) is 0. The SMILES string of the molecule is CC(C)(CCN)NC(=O)C1CC2CCC1C2. The van der Waals surface area contributed by atoms with Gasteiger partial charge in [0.15, 0.2) is 0 Å². The number of hydrogen-bond donors (Lipinski definition) is 2. The average Bonchev–Trinajstić information content (AvgIpc) is 2.77. The molecule has 2 rings (SSSR count). The van der Waals surface area contributed by atoms with Gasteiger partial charge in [-0.05, 0) is 57.9 Å². The molecular weight excluding hydrogens is 200 g/mol. The van der Waals surface area contributed by atoms with E-state index >= 15 is 0 Å². The van der Waals surface area contributed by atoms with Gasteiger partial charge in [0.05, 0.1) is 0 Å². The first kappa shape index (κ1) is 11.9. The molecule has 1 amide bonds. The highest BCUT2D eigenvalue weighted by Gasteiger charge is 2.43. The fourth-order valence-corrected chi connectivity index (χ4v) is 3.42. The van der Waals surface area contributed by atoms with E-state index in [0.29, 0.717) is 12.5 Å². The molecular formula is C13H24N2O. The topological polar surface area (TPSA) is 55.1 Å². The molecule has 0 spiro atoms. The van der Waals surface area contributed by atoms with Crippen molar-refractivity contribution in [1.82, 2.24) is 5.32 Å². The minimum atomic E-state index is -0.145. The largest absolute Gasteiger partial charge is 0.351 e. The van der Waals surface area contributed by atoms with Crippen molar-refractivity contribution in [3.63, 3.8) is 0 Å². The van der Waals surface area contributed by atoms with Gasteiger partial charge in [0.2, 0.25) is 5.91 Å². The van der Waals surface area contributed by atoms with Gasteiger partial charge >= 0.3 is 0 Å². The summed E-state index contributed by atoms with van der Waals surface area (Å²) in [6.45, 7) is 4.75. The molecule has 3 N–H and O–H groups in total. The van der Waals surface area contributed by atoms with E-state index in [2.05, 4.69) is 19.2 Å². The van der Waals surface area contributed by atoms with Crippen molar-refractivity contribution >= 4 is 5.91 Å². The molecule has 0 heterocycles. The number of carbonyl (C=O) groups excluding carboxylic acids is 1. The second-order valence-corrected chi connectivity index (χ2v) is 6.19. The van der Waals surface area contributed by atoms with Crippen LogP contribution in [0.1, 0.15) is 46.0 Å². The van der Waals surface area contributed by atoms with Crippen molar-refractivity contribution in [2.45, 2.75) is 51.5 Å². The Labute approximate surface area is 98.2 Å². The first-order valence-corrected chi connectivity index (χ1v) is 6.54. The van der Waals surface area contributed by atoms with Crippen molar-refractivity contribution in [2.24, 2.45) is 23.5 Å². The third kappa shape index (κ3) is 2.40. The zero-order valence-electron chi connectivity index (χ0n) is 10.5. The van der Waals surface area contributed by atoms with Crippen molar-refractivity contribution in [1.29, 1.82) is 0 Å². The van der Waals surface area contributed by atoms with Crippen LogP contribution in [0.15, 0.2) is 0 Å². The van der Waals surface area contributed by atoms with Crippen LogP contribution in [0.4, 0.5) is 0 Å². The van der Waals surface area contributed by atoms with E-state index in [9.17, 15) is 4.79 Å². The molecule has 0 aromatic heterocycles. The molecule has 0 aliphatic heterocycles. The van der Waals surface area contributed by atoms with Gasteiger partial charge in [-0.2, -0.15) is 0 Å². The second kappa shape index (κ2) is 4.36. The minimum Gasteiger partial charge on any atom is -0.351 e. The number of nitrogens with two attached hydrogens (primary N) is 1. The molecule has 2 aliphatic carbocycles. The summed E-state index contributed by atoms with van der Waals surface area (Å²) in [5.41, 5.74) is 5.41. The lowest BCUT2D eigenvalue weighted by Gasteiger charge is -2.29. The van der Waals surface area contributed by atoms with E-state index in [1.54, 1.807) is 0 Å². The number of hydrogen-bond acceptors (Lipinski definition) is 2. The zero-order valence-corrected chi connectivity index (χ0v) is 10.5. The Balaban J connectivity index is 1.89. The van der Waals surface area contributed by atoms with E-state index < -0.39 is 0 Å². The maximum absolute atomic E-state index is 12.2. The van der Waals surface area contributed by atoms with Crippen LogP contribution in [-0.2, 0) is 4.79 Å². The highest BCUT2D eigenvalue weighted by Crippen LogP contribution is 2.48. The molecule has 0 radical (unpaired) electrons. The molecule has 0 aromatic carbocycles. The average molecular weight is 224 g/mol. The molecule has 3 atom stereocenters. The molecule has 0 aromatic rings. The van der Waals surface area contributed by atoms with Crippen LogP contribution in [0, 0.1) is 17.8 Å². The monoisotopic (exact) mass is 224 g/mol. The maximum atomic E-state index is 12.2. The molecule has 3 nitrogen and oxygen atoms in total. The third-order valence-electron chi connectivity index (χ3n) is 4.31. The van der Waals surface area contributed by atoms with E-state index in [4.69, 9.17) is 5.73 Å². The van der Waals surface area contributed by atoms with Crippen LogP contribution >= 0.6 is 0 Å². The molecule has 0 saturated heterocycles. The Bertz CT molecular complexity index is 275. The third-order valence-corrected chi connectivity index (χ3v) is 4.31. The van der Waals surface area contributed by atoms with Crippen LogP contribution < -0.4 is 11.1 Å². The van der Waals surface area contributed by atoms with Crippen LogP contribution in [-0.4, -0.2) is 18.0 Å². The van der Waals surface area contributed by atoms with Crippen LogP contribution in [0.25, 0.3) is 0 Å². The van der Waals surface area contributed by atoms with Crippen LogP contribution in [0.5, 0.6) is 0 Å². The lowest BCUT2D eigenvalue weighted by Crippen LogP contribution is -2.48. The molecule has 16 heavy (non-hydrogen) atoms. The smallest absolute Gasteiger partial charge is 0.223 e. The number of rotatable bonds is 4. The predicted molar refractivity (Wildman–Crippen MR) is 64.8 cm³/mol. The highest BCUT2D eigenvalue weighted by molar-refractivity contribution is 5.80. The quantitative estimate of drug-likeness (QED) is 0.763. The summed E-state index contributed by atoms with van der Waals surface area (Å²) in [4.78, 5) is 12.2. The van der Waals surface area contributed by atoms with E-state index in [1.165, 1.54) is 19.3 Å².